The van der Waals surface area contributed by atoms with Crippen LogP contribution in [0.4, 0.5) is 0 Å². The molecule has 0 bridgehead atoms. The van der Waals surface area contributed by atoms with E-state index in [9.17, 15) is 38.4 Å². The Morgan fingerprint density at radius 2 is 1.20 bits per heavy atom. The molecule has 1 rings (SSSR count). The topological polar surface area (TPSA) is 209 Å². The lowest BCUT2D eigenvalue weighted by molar-refractivity contribution is -0.143. The van der Waals surface area contributed by atoms with Crippen molar-refractivity contribution in [2.45, 2.75) is 26.2 Å². The fourth-order valence-corrected chi connectivity index (χ4v) is 2.46. The van der Waals surface area contributed by atoms with Crippen LogP contribution in [-0.2, 0) is 43.1 Å². The van der Waals surface area contributed by atoms with Crippen molar-refractivity contribution in [2.24, 2.45) is 0 Å². The number of imide groups is 1. The van der Waals surface area contributed by atoms with Gasteiger partial charge in [-0.3, -0.25) is 43.3 Å². The van der Waals surface area contributed by atoms with Gasteiger partial charge in [-0.25, -0.2) is 0 Å². The third kappa shape index (κ3) is 13.1. The molecule has 0 atom stereocenters. The summed E-state index contributed by atoms with van der Waals surface area (Å²) in [5.41, 5.74) is 0. The van der Waals surface area contributed by atoms with Crippen LogP contribution < -0.4 is 26.6 Å². The normalized spacial score (nSPS) is 12.1. The van der Waals surface area contributed by atoms with Crippen molar-refractivity contribution in [1.29, 1.82) is 0 Å². The van der Waals surface area contributed by atoms with E-state index in [4.69, 9.17) is 0 Å². The first-order chi connectivity index (χ1) is 16.6. The number of rotatable bonds is 15. The van der Waals surface area contributed by atoms with E-state index < -0.39 is 48.0 Å². The fraction of sp³-hybridized carbons (Fsp3) is 0.500. The van der Waals surface area contributed by atoms with Crippen molar-refractivity contribution >= 4 is 47.3 Å². The van der Waals surface area contributed by atoms with Gasteiger partial charge in [-0.05, 0) is 6.42 Å². The lowest BCUT2D eigenvalue weighted by Gasteiger charge is -2.13. The summed E-state index contributed by atoms with van der Waals surface area (Å²) >= 11 is 0. The Bertz CT molecular complexity index is 868. The van der Waals surface area contributed by atoms with Crippen LogP contribution in [0.25, 0.3) is 0 Å². The standard InChI is InChI=1S/C20H28N6O9/c1-13(27)35-12-25-18(32)11-24-17(31)10-23-16(30)9-22-14(28)3-2-7-21-15(29)6-8-26-19(33)4-5-20(26)34/h4-5H,2-3,6-12H2,1H3,(H,21,29)(H,22,28)(H,23,30)(H,24,31)(H,25,32). The Morgan fingerprint density at radius 1 is 0.714 bits per heavy atom. The smallest absolute Gasteiger partial charge is 0.304 e. The molecular weight excluding hydrogens is 468 g/mol. The summed E-state index contributed by atoms with van der Waals surface area (Å²) < 4.78 is 4.50. The average molecular weight is 496 g/mol. The molecule has 0 saturated heterocycles. The predicted molar refractivity (Wildman–Crippen MR) is 117 cm³/mol. The van der Waals surface area contributed by atoms with E-state index >= 15 is 0 Å². The maximum absolute atomic E-state index is 11.8. The Labute approximate surface area is 200 Å². The van der Waals surface area contributed by atoms with Gasteiger partial charge in [0, 0.05) is 45.0 Å². The van der Waals surface area contributed by atoms with Crippen LogP contribution in [0, 0.1) is 0 Å². The highest BCUT2D eigenvalue weighted by atomic mass is 16.5. The van der Waals surface area contributed by atoms with Gasteiger partial charge in [0.15, 0.2) is 6.73 Å². The van der Waals surface area contributed by atoms with Gasteiger partial charge in [-0.1, -0.05) is 0 Å². The van der Waals surface area contributed by atoms with E-state index in [2.05, 4.69) is 31.3 Å². The lowest BCUT2D eigenvalue weighted by atomic mass is 10.3. The molecule has 0 unspecified atom stereocenters. The SMILES string of the molecule is CC(=O)OCNC(=O)CNC(=O)CNC(=O)CNC(=O)CCCNC(=O)CCN1C(=O)C=CC1=O. The molecule has 0 spiro atoms. The highest BCUT2D eigenvalue weighted by Gasteiger charge is 2.23. The zero-order valence-corrected chi connectivity index (χ0v) is 19.1. The number of carbonyl (C=O) groups is 8. The molecular formula is C20H28N6O9. The molecule has 15 nitrogen and oxygen atoms in total. The minimum atomic E-state index is -0.641. The number of carbonyl (C=O) groups excluding carboxylic acids is 8. The van der Waals surface area contributed by atoms with Gasteiger partial charge in [-0.2, -0.15) is 0 Å². The summed E-state index contributed by atoms with van der Waals surface area (Å²) in [5.74, 6) is -4.19. The first-order valence-corrected chi connectivity index (χ1v) is 10.6. The highest BCUT2D eigenvalue weighted by Crippen LogP contribution is 2.04. The quantitative estimate of drug-likeness (QED) is 0.0650. The summed E-state index contributed by atoms with van der Waals surface area (Å²) in [4.78, 5) is 92.5. The first-order valence-electron chi connectivity index (χ1n) is 10.6. The highest BCUT2D eigenvalue weighted by molar-refractivity contribution is 6.13. The van der Waals surface area contributed by atoms with Crippen LogP contribution in [0.5, 0.6) is 0 Å². The van der Waals surface area contributed by atoms with E-state index in [-0.39, 0.29) is 51.7 Å². The van der Waals surface area contributed by atoms with Gasteiger partial charge < -0.3 is 31.3 Å². The monoisotopic (exact) mass is 496 g/mol. The molecule has 0 saturated carbocycles. The van der Waals surface area contributed by atoms with Crippen molar-refractivity contribution in [3.8, 4) is 0 Å². The van der Waals surface area contributed by atoms with Gasteiger partial charge in [0.25, 0.3) is 11.8 Å². The molecule has 192 valence electrons. The Balaban J connectivity index is 2.05. The third-order valence-electron chi connectivity index (χ3n) is 4.25. The molecule has 1 heterocycles. The van der Waals surface area contributed by atoms with E-state index in [1.165, 1.54) is 6.92 Å². The van der Waals surface area contributed by atoms with Gasteiger partial charge >= 0.3 is 5.97 Å². The van der Waals surface area contributed by atoms with E-state index in [1.807, 2.05) is 0 Å². The van der Waals surface area contributed by atoms with Gasteiger partial charge in [0.2, 0.25) is 29.5 Å². The minimum Gasteiger partial charge on any atom is -0.445 e. The van der Waals surface area contributed by atoms with Crippen LogP contribution in [0.3, 0.4) is 0 Å². The second-order valence-electron chi connectivity index (χ2n) is 7.08. The van der Waals surface area contributed by atoms with Crippen LogP contribution in [0.2, 0.25) is 0 Å². The Morgan fingerprint density at radius 3 is 1.74 bits per heavy atom. The molecule has 1 aliphatic heterocycles. The number of esters is 1. The van der Waals surface area contributed by atoms with Crippen molar-refractivity contribution in [3.05, 3.63) is 12.2 Å². The van der Waals surface area contributed by atoms with Crippen molar-refractivity contribution in [2.75, 3.05) is 39.5 Å². The minimum absolute atomic E-state index is 0.0313. The zero-order chi connectivity index (χ0) is 26.2. The Kier molecular flexibility index (Phi) is 12.7. The van der Waals surface area contributed by atoms with Crippen molar-refractivity contribution < 1.29 is 43.1 Å². The first kappa shape index (κ1) is 28.7. The molecule has 0 fully saturated rings. The number of amides is 7. The number of ether oxygens (including phenoxy) is 1. The predicted octanol–water partition coefficient (Wildman–Crippen LogP) is -3.82. The van der Waals surface area contributed by atoms with E-state index in [1.54, 1.807) is 0 Å². The number of hydrogen-bond acceptors (Lipinski definition) is 9. The van der Waals surface area contributed by atoms with Crippen LogP contribution in [0.1, 0.15) is 26.2 Å². The summed E-state index contributed by atoms with van der Waals surface area (Å²) in [6.45, 7) is -0.161. The van der Waals surface area contributed by atoms with Gasteiger partial charge in [-0.15, -0.1) is 0 Å². The molecule has 35 heavy (non-hydrogen) atoms. The summed E-state index contributed by atoms with van der Waals surface area (Å²) in [6, 6.07) is 0. The number of hydrogen-bond donors (Lipinski definition) is 5. The summed E-state index contributed by atoms with van der Waals surface area (Å²) in [5, 5.41) is 11.7. The van der Waals surface area contributed by atoms with E-state index in [0.29, 0.717) is 6.42 Å². The molecule has 7 amide bonds. The molecule has 0 aliphatic carbocycles. The van der Waals surface area contributed by atoms with Crippen LogP contribution in [-0.4, -0.2) is 91.7 Å². The summed E-state index contributed by atoms with van der Waals surface area (Å²) in [6.07, 6.45) is 2.53. The molecule has 5 N–H and O–H groups in total. The molecule has 0 aromatic rings. The Hall–Kier alpha value is -4.30. The third-order valence-corrected chi connectivity index (χ3v) is 4.25. The number of nitrogens with one attached hydrogen (secondary N) is 5. The second-order valence-corrected chi connectivity index (χ2v) is 7.08. The fourth-order valence-electron chi connectivity index (χ4n) is 2.46. The van der Waals surface area contributed by atoms with E-state index in [0.717, 1.165) is 17.1 Å². The molecule has 0 radical (unpaired) electrons. The van der Waals surface area contributed by atoms with Crippen LogP contribution >= 0.6 is 0 Å². The average Bonchev–Trinajstić information content (AvgIpc) is 3.13. The van der Waals surface area contributed by atoms with Crippen molar-refractivity contribution in [3.63, 3.8) is 0 Å². The summed E-state index contributed by atoms with van der Waals surface area (Å²) in [7, 11) is 0. The molecule has 15 heteroatoms. The molecule has 0 aromatic carbocycles. The maximum atomic E-state index is 11.8. The second kappa shape index (κ2) is 15.5. The zero-order valence-electron chi connectivity index (χ0n) is 19.1. The molecule has 1 aliphatic rings. The van der Waals surface area contributed by atoms with Gasteiger partial charge in [0.1, 0.15) is 0 Å². The van der Waals surface area contributed by atoms with Gasteiger partial charge in [0.05, 0.1) is 19.6 Å². The lowest BCUT2D eigenvalue weighted by Crippen LogP contribution is -2.44. The largest absolute Gasteiger partial charge is 0.445 e. The van der Waals surface area contributed by atoms with Crippen molar-refractivity contribution in [1.82, 2.24) is 31.5 Å². The molecule has 0 aromatic heterocycles. The number of nitrogens with zero attached hydrogens (tertiary/aromatic N) is 1. The maximum Gasteiger partial charge on any atom is 0.304 e. The van der Waals surface area contributed by atoms with Crippen LogP contribution in [0.15, 0.2) is 12.2 Å².